The molecule has 1 aliphatic heterocycles. The zero-order valence-corrected chi connectivity index (χ0v) is 20.5. The van der Waals surface area contributed by atoms with Gasteiger partial charge in [0.15, 0.2) is 5.11 Å². The number of amides is 1. The number of carbonyl (C=O) groups excluding carboxylic acids is 1. The SMILES string of the molecule is CC(=O)NS(=O)(=O)c1ccc(NC(=S)N2CCN(c3ncnc4[nH]c5ccccc5c34)CC2)cc1. The maximum Gasteiger partial charge on any atom is 0.264 e. The van der Waals surface area contributed by atoms with Crippen molar-refractivity contribution in [2.75, 3.05) is 36.4 Å². The first-order chi connectivity index (χ1) is 16.8. The average Bonchev–Trinajstić information content (AvgIpc) is 3.22. The lowest BCUT2D eigenvalue weighted by Gasteiger charge is -2.37. The van der Waals surface area contributed by atoms with Crippen molar-refractivity contribution < 1.29 is 13.2 Å². The van der Waals surface area contributed by atoms with Gasteiger partial charge in [0.25, 0.3) is 10.0 Å². The number of carbonyl (C=O) groups is 1. The summed E-state index contributed by atoms with van der Waals surface area (Å²) in [7, 11) is -3.87. The van der Waals surface area contributed by atoms with Crippen molar-refractivity contribution in [2.24, 2.45) is 0 Å². The summed E-state index contributed by atoms with van der Waals surface area (Å²) in [5, 5.41) is 5.84. The van der Waals surface area contributed by atoms with Crippen molar-refractivity contribution in [2.45, 2.75) is 11.8 Å². The van der Waals surface area contributed by atoms with E-state index in [1.807, 2.05) is 22.9 Å². The summed E-state index contributed by atoms with van der Waals surface area (Å²) in [5.41, 5.74) is 2.51. The predicted molar refractivity (Wildman–Crippen MR) is 139 cm³/mol. The number of H-pyrrole nitrogens is 1. The van der Waals surface area contributed by atoms with E-state index < -0.39 is 15.9 Å². The number of fused-ring (bicyclic) bond motifs is 3. The molecule has 1 amide bonds. The van der Waals surface area contributed by atoms with E-state index in [4.69, 9.17) is 12.2 Å². The van der Waals surface area contributed by atoms with Crippen molar-refractivity contribution in [1.29, 1.82) is 0 Å². The molecule has 0 aliphatic carbocycles. The first kappa shape index (κ1) is 23.0. The third kappa shape index (κ3) is 4.62. The number of hydrogen-bond acceptors (Lipinski definition) is 7. The standard InChI is InChI=1S/C23H23N7O3S2/c1-15(31)28-35(32,33)17-8-6-16(7-9-17)26-23(34)30-12-10-29(11-13-30)22-20-18-4-2-3-5-19(18)27-21(20)24-14-25-22/h2-9,14H,10-13H2,1H3,(H,26,34)(H,28,31)(H,24,25,27). The predicted octanol–water partition coefficient (Wildman–Crippen LogP) is 2.45. The van der Waals surface area contributed by atoms with E-state index in [0.29, 0.717) is 23.9 Å². The summed E-state index contributed by atoms with van der Waals surface area (Å²) in [4.78, 5) is 27.8. The maximum absolute atomic E-state index is 12.1. The Morgan fingerprint density at radius 1 is 1.03 bits per heavy atom. The lowest BCUT2D eigenvalue weighted by molar-refractivity contribution is -0.117. The van der Waals surface area contributed by atoms with E-state index in [2.05, 4.69) is 36.1 Å². The van der Waals surface area contributed by atoms with E-state index >= 15 is 0 Å². The molecular formula is C23H23N7O3S2. The maximum atomic E-state index is 12.1. The monoisotopic (exact) mass is 509 g/mol. The molecule has 0 spiro atoms. The molecule has 0 bridgehead atoms. The molecule has 4 aromatic rings. The third-order valence-corrected chi connectivity index (χ3v) is 7.65. The van der Waals surface area contributed by atoms with Gasteiger partial charge in [0.1, 0.15) is 17.8 Å². The molecular weight excluding hydrogens is 486 g/mol. The Bertz CT molecular complexity index is 1530. The number of benzene rings is 2. The fourth-order valence-electron chi connectivity index (χ4n) is 4.19. The van der Waals surface area contributed by atoms with E-state index in [0.717, 1.165) is 47.8 Å². The minimum atomic E-state index is -3.87. The number of piperazine rings is 1. The molecule has 3 heterocycles. The Balaban J connectivity index is 1.25. The van der Waals surface area contributed by atoms with Gasteiger partial charge in [-0.25, -0.2) is 23.1 Å². The number of aromatic amines is 1. The molecule has 0 radical (unpaired) electrons. The van der Waals surface area contributed by atoms with Crippen molar-refractivity contribution in [3.05, 3.63) is 54.9 Å². The van der Waals surface area contributed by atoms with Crippen LogP contribution in [-0.2, 0) is 14.8 Å². The molecule has 2 aromatic carbocycles. The first-order valence-electron chi connectivity index (χ1n) is 11.0. The van der Waals surface area contributed by atoms with Crippen LogP contribution in [0.15, 0.2) is 59.8 Å². The molecule has 1 fully saturated rings. The summed E-state index contributed by atoms with van der Waals surface area (Å²) in [6, 6.07) is 14.2. The number of sulfonamides is 1. The van der Waals surface area contributed by atoms with Crippen LogP contribution in [0.4, 0.5) is 11.5 Å². The number of rotatable bonds is 4. The Labute approximate surface area is 207 Å². The van der Waals surface area contributed by atoms with Gasteiger partial charge in [0.05, 0.1) is 10.3 Å². The largest absolute Gasteiger partial charge is 0.352 e. The van der Waals surface area contributed by atoms with Gasteiger partial charge in [-0.2, -0.15) is 0 Å². The Hall–Kier alpha value is -3.77. The average molecular weight is 510 g/mol. The van der Waals surface area contributed by atoms with Crippen LogP contribution >= 0.6 is 12.2 Å². The van der Waals surface area contributed by atoms with E-state index in [1.165, 1.54) is 12.1 Å². The quantitative estimate of drug-likeness (QED) is 0.356. The fourth-order valence-corrected chi connectivity index (χ4v) is 5.48. The number of nitrogens with one attached hydrogen (secondary N) is 3. The lowest BCUT2D eigenvalue weighted by Crippen LogP contribution is -2.50. The molecule has 180 valence electrons. The number of aromatic nitrogens is 3. The number of thiocarbonyl (C=S) groups is 1. The molecule has 0 atom stereocenters. The summed E-state index contributed by atoms with van der Waals surface area (Å²) in [6.07, 6.45) is 1.58. The Morgan fingerprint density at radius 2 is 1.74 bits per heavy atom. The fraction of sp³-hybridized carbons (Fsp3) is 0.217. The van der Waals surface area contributed by atoms with Gasteiger partial charge < -0.3 is 20.1 Å². The number of para-hydroxylation sites is 1. The number of nitrogens with zero attached hydrogens (tertiary/aromatic N) is 4. The summed E-state index contributed by atoms with van der Waals surface area (Å²) in [6.45, 7) is 4.03. The summed E-state index contributed by atoms with van der Waals surface area (Å²) < 4.78 is 26.2. The van der Waals surface area contributed by atoms with Crippen LogP contribution in [0.25, 0.3) is 21.9 Å². The topological polar surface area (TPSA) is 123 Å². The second kappa shape index (κ2) is 9.12. The number of hydrogen-bond donors (Lipinski definition) is 3. The zero-order valence-electron chi connectivity index (χ0n) is 18.9. The van der Waals surface area contributed by atoms with Crippen LogP contribution in [0, 0.1) is 0 Å². The normalized spacial score (nSPS) is 14.3. The highest BCUT2D eigenvalue weighted by Crippen LogP contribution is 2.31. The summed E-state index contributed by atoms with van der Waals surface area (Å²) in [5.74, 6) is 0.266. The van der Waals surface area contributed by atoms with Gasteiger partial charge in [-0.05, 0) is 42.5 Å². The van der Waals surface area contributed by atoms with Crippen LogP contribution in [-0.4, -0.2) is 65.5 Å². The van der Waals surface area contributed by atoms with Crippen molar-refractivity contribution in [3.63, 3.8) is 0 Å². The molecule has 12 heteroatoms. The molecule has 10 nitrogen and oxygen atoms in total. The van der Waals surface area contributed by atoms with Gasteiger partial charge >= 0.3 is 0 Å². The summed E-state index contributed by atoms with van der Waals surface area (Å²) >= 11 is 5.59. The smallest absolute Gasteiger partial charge is 0.264 e. The molecule has 35 heavy (non-hydrogen) atoms. The molecule has 0 saturated carbocycles. The van der Waals surface area contributed by atoms with Crippen molar-refractivity contribution in [3.8, 4) is 0 Å². The van der Waals surface area contributed by atoms with Crippen molar-refractivity contribution in [1.82, 2.24) is 24.6 Å². The minimum Gasteiger partial charge on any atom is -0.352 e. The third-order valence-electron chi connectivity index (χ3n) is 5.84. The van der Waals surface area contributed by atoms with Crippen LogP contribution in [0.5, 0.6) is 0 Å². The van der Waals surface area contributed by atoms with Crippen molar-refractivity contribution >= 4 is 66.7 Å². The van der Waals surface area contributed by atoms with Crippen LogP contribution < -0.4 is 14.9 Å². The molecule has 0 unspecified atom stereocenters. The highest BCUT2D eigenvalue weighted by Gasteiger charge is 2.23. The van der Waals surface area contributed by atoms with Crippen LogP contribution in [0.2, 0.25) is 0 Å². The lowest BCUT2D eigenvalue weighted by atomic mass is 10.2. The van der Waals surface area contributed by atoms with Crippen LogP contribution in [0.1, 0.15) is 6.92 Å². The van der Waals surface area contributed by atoms with Gasteiger partial charge in [-0.3, -0.25) is 4.79 Å². The Kier molecular flexibility index (Phi) is 5.99. The number of anilines is 2. The van der Waals surface area contributed by atoms with Gasteiger partial charge in [0, 0.05) is 49.7 Å². The molecule has 3 N–H and O–H groups in total. The highest BCUT2D eigenvalue weighted by molar-refractivity contribution is 7.90. The highest BCUT2D eigenvalue weighted by atomic mass is 32.2. The molecule has 1 aliphatic rings. The first-order valence-corrected chi connectivity index (χ1v) is 12.9. The van der Waals surface area contributed by atoms with E-state index in [9.17, 15) is 13.2 Å². The van der Waals surface area contributed by atoms with Gasteiger partial charge in [0.2, 0.25) is 5.91 Å². The molecule has 1 saturated heterocycles. The molecule has 5 rings (SSSR count). The second-order valence-electron chi connectivity index (χ2n) is 8.18. The molecule has 2 aromatic heterocycles. The van der Waals surface area contributed by atoms with Crippen LogP contribution in [0.3, 0.4) is 0 Å². The van der Waals surface area contributed by atoms with E-state index in [1.54, 1.807) is 18.5 Å². The second-order valence-corrected chi connectivity index (χ2v) is 10.3. The Morgan fingerprint density at radius 3 is 2.46 bits per heavy atom. The zero-order chi connectivity index (χ0) is 24.6. The minimum absolute atomic E-state index is 0.00577. The van der Waals surface area contributed by atoms with Gasteiger partial charge in [-0.1, -0.05) is 18.2 Å². The van der Waals surface area contributed by atoms with E-state index in [-0.39, 0.29) is 4.90 Å². The van der Waals surface area contributed by atoms with Gasteiger partial charge in [-0.15, -0.1) is 0 Å².